The molecule has 1 aliphatic carbocycles. The molecule has 2 rings (SSSR count). The van der Waals surface area contributed by atoms with Crippen LogP contribution in [-0.4, -0.2) is 9.97 Å². The fourth-order valence-electron chi connectivity index (χ4n) is 1.34. The Morgan fingerprint density at radius 3 is 2.92 bits per heavy atom. The zero-order valence-corrected chi connectivity index (χ0v) is 6.98. The monoisotopic (exact) mass is 163 g/mol. The summed E-state index contributed by atoms with van der Waals surface area (Å²) in [6.07, 6.45) is 8.88. The van der Waals surface area contributed by atoms with Crippen molar-refractivity contribution in [3.05, 3.63) is 24.3 Å². The van der Waals surface area contributed by atoms with E-state index in [1.165, 1.54) is 12.8 Å². The van der Waals surface area contributed by atoms with E-state index in [0.717, 1.165) is 18.0 Å². The van der Waals surface area contributed by atoms with Crippen LogP contribution in [0.1, 0.15) is 31.0 Å². The second-order valence-electron chi connectivity index (χ2n) is 3.42. The van der Waals surface area contributed by atoms with Gasteiger partial charge >= 0.3 is 0 Å². The van der Waals surface area contributed by atoms with Crippen LogP contribution in [-0.2, 0) is 0 Å². The average Bonchev–Trinajstić information content (AvgIpc) is 2.90. The molecule has 1 unspecified atom stereocenters. The Morgan fingerprint density at radius 2 is 2.33 bits per heavy atom. The Labute approximate surface area is 72.0 Å². The van der Waals surface area contributed by atoms with Gasteiger partial charge in [0.25, 0.3) is 0 Å². The van der Waals surface area contributed by atoms with E-state index in [1.807, 2.05) is 0 Å². The van der Waals surface area contributed by atoms with Crippen molar-refractivity contribution < 1.29 is 0 Å². The van der Waals surface area contributed by atoms with Crippen LogP contribution in [0.3, 0.4) is 0 Å². The summed E-state index contributed by atoms with van der Waals surface area (Å²) in [4.78, 5) is 8.16. The van der Waals surface area contributed by atoms with Gasteiger partial charge in [0.2, 0.25) is 0 Å². The Balaban J connectivity index is 1.98. The van der Waals surface area contributed by atoms with Crippen molar-refractivity contribution in [2.24, 2.45) is 11.7 Å². The summed E-state index contributed by atoms with van der Waals surface area (Å²) >= 11 is 0. The second-order valence-corrected chi connectivity index (χ2v) is 3.42. The molecule has 1 aromatic rings. The van der Waals surface area contributed by atoms with E-state index in [9.17, 15) is 0 Å². The van der Waals surface area contributed by atoms with Crippen LogP contribution in [0.2, 0.25) is 0 Å². The summed E-state index contributed by atoms with van der Waals surface area (Å²) in [7, 11) is 0. The highest BCUT2D eigenvalue weighted by atomic mass is 14.8. The predicted molar refractivity (Wildman–Crippen MR) is 46.3 cm³/mol. The van der Waals surface area contributed by atoms with Crippen LogP contribution < -0.4 is 5.73 Å². The minimum absolute atomic E-state index is 0.0891. The van der Waals surface area contributed by atoms with Crippen LogP contribution in [0, 0.1) is 5.92 Å². The summed E-state index contributed by atoms with van der Waals surface area (Å²) in [6.45, 7) is 0. The van der Waals surface area contributed by atoms with Gasteiger partial charge in [-0.25, -0.2) is 0 Å². The molecule has 2 N–H and O–H groups in total. The summed E-state index contributed by atoms with van der Waals surface area (Å²) in [5.74, 6) is 0.849. The van der Waals surface area contributed by atoms with Crippen molar-refractivity contribution >= 4 is 0 Å². The van der Waals surface area contributed by atoms with Gasteiger partial charge < -0.3 is 5.73 Å². The molecule has 0 saturated heterocycles. The maximum Gasteiger partial charge on any atom is 0.0753 e. The normalized spacial score (nSPS) is 19.1. The van der Waals surface area contributed by atoms with E-state index >= 15 is 0 Å². The highest BCUT2D eigenvalue weighted by Gasteiger charge is 2.24. The lowest BCUT2D eigenvalue weighted by atomic mass is 10.1. The lowest BCUT2D eigenvalue weighted by Gasteiger charge is -2.08. The Bertz CT molecular complexity index is 243. The van der Waals surface area contributed by atoms with Crippen LogP contribution in [0.15, 0.2) is 18.6 Å². The van der Waals surface area contributed by atoms with Crippen LogP contribution >= 0.6 is 0 Å². The van der Waals surface area contributed by atoms with Gasteiger partial charge in [-0.3, -0.25) is 9.97 Å². The number of nitrogens with zero attached hydrogens (tertiary/aromatic N) is 2. The van der Waals surface area contributed by atoms with Crippen molar-refractivity contribution in [2.45, 2.75) is 25.3 Å². The quantitative estimate of drug-likeness (QED) is 0.730. The van der Waals surface area contributed by atoms with Crippen molar-refractivity contribution in [3.63, 3.8) is 0 Å². The molecule has 1 saturated carbocycles. The number of nitrogens with two attached hydrogens (primary N) is 1. The van der Waals surface area contributed by atoms with Gasteiger partial charge in [-0.1, -0.05) is 12.8 Å². The highest BCUT2D eigenvalue weighted by Crippen LogP contribution is 2.36. The van der Waals surface area contributed by atoms with Gasteiger partial charge in [0.15, 0.2) is 0 Å². The molecule has 0 radical (unpaired) electrons. The van der Waals surface area contributed by atoms with Gasteiger partial charge in [0.1, 0.15) is 0 Å². The maximum atomic E-state index is 5.93. The molecule has 1 aliphatic rings. The van der Waals surface area contributed by atoms with Gasteiger partial charge in [0, 0.05) is 24.6 Å². The molecule has 1 atom stereocenters. The molecule has 0 aliphatic heterocycles. The number of rotatable bonds is 3. The van der Waals surface area contributed by atoms with Crippen molar-refractivity contribution in [2.75, 3.05) is 0 Å². The number of aromatic nitrogens is 2. The molecule has 3 nitrogen and oxygen atoms in total. The predicted octanol–water partition coefficient (Wildman–Crippen LogP) is 1.28. The Morgan fingerprint density at radius 1 is 1.50 bits per heavy atom. The van der Waals surface area contributed by atoms with Crippen molar-refractivity contribution in [1.82, 2.24) is 9.97 Å². The third kappa shape index (κ3) is 1.80. The lowest BCUT2D eigenvalue weighted by Crippen LogP contribution is -2.12. The molecule has 3 heteroatoms. The van der Waals surface area contributed by atoms with E-state index in [4.69, 9.17) is 5.73 Å². The first-order valence-corrected chi connectivity index (χ1v) is 4.38. The molecule has 0 bridgehead atoms. The van der Waals surface area contributed by atoms with Crippen LogP contribution in [0.5, 0.6) is 0 Å². The fraction of sp³-hybridized carbons (Fsp3) is 0.556. The Hall–Kier alpha value is -0.960. The third-order valence-electron chi connectivity index (χ3n) is 2.25. The van der Waals surface area contributed by atoms with Crippen LogP contribution in [0.4, 0.5) is 0 Å². The molecule has 64 valence electrons. The number of hydrogen-bond acceptors (Lipinski definition) is 3. The van der Waals surface area contributed by atoms with Crippen molar-refractivity contribution in [3.8, 4) is 0 Å². The zero-order valence-electron chi connectivity index (χ0n) is 6.98. The van der Waals surface area contributed by atoms with Crippen molar-refractivity contribution in [1.29, 1.82) is 0 Å². The maximum absolute atomic E-state index is 5.93. The third-order valence-corrected chi connectivity index (χ3v) is 2.25. The Kier molecular flexibility index (Phi) is 2.04. The first-order chi connectivity index (χ1) is 5.86. The minimum atomic E-state index is 0.0891. The van der Waals surface area contributed by atoms with Gasteiger partial charge in [-0.15, -0.1) is 0 Å². The van der Waals surface area contributed by atoms with Crippen LogP contribution in [0.25, 0.3) is 0 Å². The van der Waals surface area contributed by atoms with Gasteiger partial charge in [-0.05, 0) is 12.3 Å². The molecular weight excluding hydrogens is 150 g/mol. The largest absolute Gasteiger partial charge is 0.323 e. The van der Waals surface area contributed by atoms with E-state index in [2.05, 4.69) is 9.97 Å². The van der Waals surface area contributed by atoms with E-state index in [0.29, 0.717) is 0 Å². The second kappa shape index (κ2) is 3.19. The zero-order chi connectivity index (χ0) is 8.39. The molecular formula is C9H13N3. The molecule has 0 aromatic carbocycles. The highest BCUT2D eigenvalue weighted by molar-refractivity contribution is 5.02. The topological polar surface area (TPSA) is 51.8 Å². The first-order valence-electron chi connectivity index (χ1n) is 4.38. The summed E-state index contributed by atoms with van der Waals surface area (Å²) < 4.78 is 0. The smallest absolute Gasteiger partial charge is 0.0753 e. The molecule has 1 heterocycles. The SMILES string of the molecule is NC(CC1CC1)c1cnccn1. The molecule has 0 amide bonds. The first kappa shape index (κ1) is 7.68. The van der Waals surface area contributed by atoms with Gasteiger partial charge in [0.05, 0.1) is 5.69 Å². The van der Waals surface area contributed by atoms with E-state index < -0.39 is 0 Å². The van der Waals surface area contributed by atoms with E-state index in [1.54, 1.807) is 18.6 Å². The van der Waals surface area contributed by atoms with E-state index in [-0.39, 0.29) is 6.04 Å². The fourth-order valence-corrected chi connectivity index (χ4v) is 1.34. The molecule has 0 spiro atoms. The molecule has 12 heavy (non-hydrogen) atoms. The standard InChI is InChI=1S/C9H13N3/c10-8(5-7-1-2-7)9-6-11-3-4-12-9/h3-4,6-8H,1-2,5,10H2. The lowest BCUT2D eigenvalue weighted by molar-refractivity contribution is 0.581. The summed E-state index contributed by atoms with van der Waals surface area (Å²) in [5, 5.41) is 0. The summed E-state index contributed by atoms with van der Waals surface area (Å²) in [6, 6.07) is 0.0891. The average molecular weight is 163 g/mol. The summed E-state index contributed by atoms with van der Waals surface area (Å²) in [5.41, 5.74) is 6.85. The minimum Gasteiger partial charge on any atom is -0.323 e. The number of hydrogen-bond donors (Lipinski definition) is 1. The molecule has 1 aromatic heterocycles. The molecule has 1 fully saturated rings. The van der Waals surface area contributed by atoms with Gasteiger partial charge in [-0.2, -0.15) is 0 Å².